The number of fused-ring (bicyclic) bond motifs is 1. The van der Waals surface area contributed by atoms with Crippen LogP contribution in [-0.2, 0) is 0 Å². The first-order chi connectivity index (χ1) is 11.0. The van der Waals surface area contributed by atoms with Gasteiger partial charge < -0.3 is 15.5 Å². The highest BCUT2D eigenvalue weighted by Crippen LogP contribution is 2.26. The molecule has 3 heterocycles. The zero-order valence-electron chi connectivity index (χ0n) is 14.0. The molecule has 1 aliphatic heterocycles. The van der Waals surface area contributed by atoms with Gasteiger partial charge in [-0.1, -0.05) is 0 Å². The number of pyridine rings is 1. The molecule has 2 N–H and O–H groups in total. The Hall–Kier alpha value is -2.02. The van der Waals surface area contributed by atoms with Crippen LogP contribution >= 0.6 is 0 Å². The molecule has 2 atom stereocenters. The third-order valence-electron chi connectivity index (χ3n) is 4.08. The van der Waals surface area contributed by atoms with Gasteiger partial charge >= 0.3 is 0 Å². The Bertz CT molecular complexity index is 719. The van der Waals surface area contributed by atoms with Crippen LogP contribution in [0.2, 0.25) is 0 Å². The Balaban J connectivity index is 2.01. The Kier molecular flexibility index (Phi) is 4.30. The molecule has 6 nitrogen and oxygen atoms in total. The van der Waals surface area contributed by atoms with E-state index in [4.69, 9.17) is 0 Å². The first kappa shape index (κ1) is 15.9. The topological polar surface area (TPSA) is 66.0 Å². The van der Waals surface area contributed by atoms with Crippen LogP contribution in [0.25, 0.3) is 11.0 Å². The summed E-state index contributed by atoms with van der Waals surface area (Å²) in [6.07, 6.45) is -0.922. The third-order valence-corrected chi connectivity index (χ3v) is 4.08. The summed E-state index contributed by atoms with van der Waals surface area (Å²) in [5.74, 6) is 1.17. The minimum atomic E-state index is -0.922. The molecule has 2 aromatic rings. The fourth-order valence-corrected chi connectivity index (χ4v) is 3.09. The Morgan fingerprint density at radius 1 is 1.26 bits per heavy atom. The number of alkyl halides is 1. The third kappa shape index (κ3) is 3.19. The number of likely N-dealkylation sites (tertiary alicyclic amines) is 1. The first-order valence-electron chi connectivity index (χ1n) is 7.97. The predicted octanol–water partition coefficient (Wildman–Crippen LogP) is 2.14. The summed E-state index contributed by atoms with van der Waals surface area (Å²) in [7, 11) is 1.91. The summed E-state index contributed by atoms with van der Waals surface area (Å²) >= 11 is 0. The van der Waals surface area contributed by atoms with Gasteiger partial charge in [0.2, 0.25) is 5.95 Å². The van der Waals surface area contributed by atoms with E-state index in [1.807, 2.05) is 38.8 Å². The van der Waals surface area contributed by atoms with Gasteiger partial charge in [-0.3, -0.25) is 0 Å². The SMILES string of the molecule is CCNc1nc(N[C@H]2CN(C)C[C@H]2F)nc2nc(C)cc(C)c12. The van der Waals surface area contributed by atoms with Crippen molar-refractivity contribution in [3.63, 3.8) is 0 Å². The zero-order valence-corrected chi connectivity index (χ0v) is 14.0. The van der Waals surface area contributed by atoms with Crippen molar-refractivity contribution in [1.29, 1.82) is 0 Å². The molecular formula is C16H23FN6. The molecule has 1 fully saturated rings. The van der Waals surface area contributed by atoms with Crippen LogP contribution in [-0.4, -0.2) is 58.7 Å². The molecule has 23 heavy (non-hydrogen) atoms. The standard InChI is InChI=1S/C16H23FN6/c1-5-18-14-13-9(2)6-10(3)19-15(13)22-16(21-14)20-12-8-23(4)7-11(12)17/h6,11-12H,5,7-8H2,1-4H3,(H2,18,19,20,21,22)/t11-,12+/m1/s1. The van der Waals surface area contributed by atoms with Gasteiger partial charge in [0.1, 0.15) is 12.0 Å². The number of hydrogen-bond donors (Lipinski definition) is 2. The van der Waals surface area contributed by atoms with Gasteiger partial charge in [0.15, 0.2) is 5.65 Å². The number of nitrogens with one attached hydrogen (secondary N) is 2. The normalized spacial score (nSPS) is 21.8. The summed E-state index contributed by atoms with van der Waals surface area (Å²) in [5.41, 5.74) is 2.63. The van der Waals surface area contributed by atoms with Gasteiger partial charge in [-0.15, -0.1) is 0 Å². The van der Waals surface area contributed by atoms with E-state index >= 15 is 0 Å². The fourth-order valence-electron chi connectivity index (χ4n) is 3.09. The molecule has 0 aliphatic carbocycles. The molecule has 0 saturated carbocycles. The lowest BCUT2D eigenvalue weighted by atomic mass is 10.1. The maximum atomic E-state index is 14.0. The van der Waals surface area contributed by atoms with Crippen molar-refractivity contribution >= 4 is 22.8 Å². The number of aryl methyl sites for hydroxylation is 2. The second-order valence-corrected chi connectivity index (χ2v) is 6.19. The number of anilines is 2. The van der Waals surface area contributed by atoms with Crippen molar-refractivity contribution in [2.75, 3.05) is 37.3 Å². The van der Waals surface area contributed by atoms with E-state index in [1.165, 1.54) is 0 Å². The minimum Gasteiger partial charge on any atom is -0.370 e. The average Bonchev–Trinajstić information content (AvgIpc) is 2.76. The van der Waals surface area contributed by atoms with E-state index in [2.05, 4.69) is 25.6 Å². The highest BCUT2D eigenvalue weighted by molar-refractivity contribution is 5.90. The van der Waals surface area contributed by atoms with Gasteiger partial charge in [-0.25, -0.2) is 9.37 Å². The number of nitrogens with zero attached hydrogens (tertiary/aromatic N) is 4. The summed E-state index contributed by atoms with van der Waals surface area (Å²) in [6.45, 7) is 7.80. The summed E-state index contributed by atoms with van der Waals surface area (Å²) in [5, 5.41) is 7.31. The van der Waals surface area contributed by atoms with Crippen LogP contribution in [0, 0.1) is 13.8 Å². The highest BCUT2D eigenvalue weighted by Gasteiger charge is 2.31. The zero-order chi connectivity index (χ0) is 16.6. The van der Waals surface area contributed by atoms with Gasteiger partial charge in [0.05, 0.1) is 11.4 Å². The van der Waals surface area contributed by atoms with E-state index in [9.17, 15) is 4.39 Å². The molecule has 7 heteroatoms. The molecule has 0 spiro atoms. The largest absolute Gasteiger partial charge is 0.370 e. The van der Waals surface area contributed by atoms with Crippen LogP contribution in [0.3, 0.4) is 0 Å². The number of likely N-dealkylation sites (N-methyl/N-ethyl adjacent to an activating group) is 1. The molecule has 0 radical (unpaired) electrons. The smallest absolute Gasteiger partial charge is 0.227 e. The lowest BCUT2D eigenvalue weighted by Crippen LogP contribution is -2.30. The number of hydrogen-bond acceptors (Lipinski definition) is 6. The maximum Gasteiger partial charge on any atom is 0.227 e. The Morgan fingerprint density at radius 3 is 2.70 bits per heavy atom. The number of rotatable bonds is 4. The second kappa shape index (κ2) is 6.23. The predicted molar refractivity (Wildman–Crippen MR) is 90.8 cm³/mol. The van der Waals surface area contributed by atoms with Crippen molar-refractivity contribution in [3.8, 4) is 0 Å². The van der Waals surface area contributed by atoms with E-state index in [0.29, 0.717) is 24.7 Å². The summed E-state index contributed by atoms with van der Waals surface area (Å²) in [6, 6.07) is 1.72. The van der Waals surface area contributed by atoms with Crippen molar-refractivity contribution in [3.05, 3.63) is 17.3 Å². The molecule has 0 unspecified atom stereocenters. The van der Waals surface area contributed by atoms with Crippen LogP contribution in [0.4, 0.5) is 16.2 Å². The lowest BCUT2D eigenvalue weighted by Gasteiger charge is -2.17. The van der Waals surface area contributed by atoms with Crippen molar-refractivity contribution in [1.82, 2.24) is 19.9 Å². The second-order valence-electron chi connectivity index (χ2n) is 6.19. The molecule has 3 rings (SSSR count). The van der Waals surface area contributed by atoms with E-state index in [-0.39, 0.29) is 6.04 Å². The first-order valence-corrected chi connectivity index (χ1v) is 7.97. The molecule has 1 saturated heterocycles. The highest BCUT2D eigenvalue weighted by atomic mass is 19.1. The summed E-state index contributed by atoms with van der Waals surface area (Å²) in [4.78, 5) is 15.5. The molecule has 124 valence electrons. The van der Waals surface area contributed by atoms with Crippen molar-refractivity contribution in [2.45, 2.75) is 33.0 Å². The van der Waals surface area contributed by atoms with Crippen molar-refractivity contribution in [2.24, 2.45) is 0 Å². The fraction of sp³-hybridized carbons (Fsp3) is 0.562. The quantitative estimate of drug-likeness (QED) is 0.900. The van der Waals surface area contributed by atoms with Gasteiger partial charge in [0, 0.05) is 25.3 Å². The molecule has 2 aromatic heterocycles. The molecule has 0 amide bonds. The molecule has 0 aromatic carbocycles. The van der Waals surface area contributed by atoms with E-state index < -0.39 is 6.17 Å². The van der Waals surface area contributed by atoms with Gasteiger partial charge in [-0.2, -0.15) is 9.97 Å². The molecule has 0 bridgehead atoms. The van der Waals surface area contributed by atoms with Crippen molar-refractivity contribution < 1.29 is 4.39 Å². The average molecular weight is 318 g/mol. The Morgan fingerprint density at radius 2 is 2.04 bits per heavy atom. The van der Waals surface area contributed by atoms with Crippen LogP contribution in [0.5, 0.6) is 0 Å². The maximum absolute atomic E-state index is 14.0. The number of halogens is 1. The Labute approximate surface area is 135 Å². The van der Waals surface area contributed by atoms with Gasteiger partial charge in [0.25, 0.3) is 0 Å². The van der Waals surface area contributed by atoms with Crippen LogP contribution in [0.1, 0.15) is 18.2 Å². The van der Waals surface area contributed by atoms with Crippen LogP contribution < -0.4 is 10.6 Å². The van der Waals surface area contributed by atoms with Crippen LogP contribution in [0.15, 0.2) is 6.07 Å². The molecule has 1 aliphatic rings. The van der Waals surface area contributed by atoms with Gasteiger partial charge in [-0.05, 0) is 39.4 Å². The summed E-state index contributed by atoms with van der Waals surface area (Å²) < 4.78 is 14.0. The monoisotopic (exact) mass is 318 g/mol. The minimum absolute atomic E-state index is 0.294. The van der Waals surface area contributed by atoms with E-state index in [0.717, 1.165) is 29.0 Å². The molecular weight excluding hydrogens is 295 g/mol. The van der Waals surface area contributed by atoms with E-state index in [1.54, 1.807) is 0 Å². The lowest BCUT2D eigenvalue weighted by molar-refractivity contribution is 0.314. The number of aromatic nitrogens is 3.